The molecule has 3 rings (SSSR count). The largest absolute Gasteiger partial charge is 0.490 e. The molecule has 2 heterocycles. The first kappa shape index (κ1) is 13.7. The highest BCUT2D eigenvalue weighted by Gasteiger charge is 2.17. The molecule has 2 aliphatic rings. The predicted molar refractivity (Wildman–Crippen MR) is 77.3 cm³/mol. The van der Waals surface area contributed by atoms with Crippen LogP contribution in [0.25, 0.3) is 0 Å². The van der Waals surface area contributed by atoms with Crippen LogP contribution in [0.15, 0.2) is 18.2 Å². The lowest BCUT2D eigenvalue weighted by atomic mass is 10.1. The lowest BCUT2D eigenvalue weighted by Gasteiger charge is -2.18. The minimum atomic E-state index is -0.423. The normalized spacial score (nSPS) is 20.6. The number of aliphatic hydroxyl groups is 1. The van der Waals surface area contributed by atoms with Gasteiger partial charge in [-0.25, -0.2) is 0 Å². The fourth-order valence-electron chi connectivity index (χ4n) is 2.86. The Morgan fingerprint density at radius 3 is 2.60 bits per heavy atom. The molecule has 1 fully saturated rings. The molecule has 1 aromatic rings. The van der Waals surface area contributed by atoms with Gasteiger partial charge in [-0.15, -0.1) is 0 Å². The first-order valence-electron chi connectivity index (χ1n) is 7.63. The summed E-state index contributed by atoms with van der Waals surface area (Å²) in [6.45, 7) is 4.70. The molecule has 0 saturated carbocycles. The topological polar surface area (TPSA) is 41.9 Å². The van der Waals surface area contributed by atoms with Gasteiger partial charge in [0, 0.05) is 13.0 Å². The van der Waals surface area contributed by atoms with Gasteiger partial charge in [-0.3, -0.25) is 0 Å². The third kappa shape index (κ3) is 3.25. The van der Waals surface area contributed by atoms with Crippen molar-refractivity contribution in [3.05, 3.63) is 23.8 Å². The van der Waals surface area contributed by atoms with Crippen molar-refractivity contribution < 1.29 is 14.6 Å². The quantitative estimate of drug-likeness (QED) is 0.917. The average Bonchev–Trinajstić information content (AvgIpc) is 2.88. The molecule has 1 saturated heterocycles. The molecule has 2 aliphatic heterocycles. The first-order valence-corrected chi connectivity index (χ1v) is 7.63. The monoisotopic (exact) mass is 277 g/mol. The number of rotatable bonds is 4. The van der Waals surface area contributed by atoms with E-state index in [1.54, 1.807) is 0 Å². The lowest BCUT2D eigenvalue weighted by Crippen LogP contribution is -2.22. The molecular weight excluding hydrogens is 254 g/mol. The van der Waals surface area contributed by atoms with Crippen molar-refractivity contribution in [1.82, 2.24) is 4.90 Å². The van der Waals surface area contributed by atoms with Gasteiger partial charge < -0.3 is 19.5 Å². The fraction of sp³-hybridized carbons (Fsp3) is 0.625. The number of nitrogens with zero attached hydrogens (tertiary/aromatic N) is 1. The van der Waals surface area contributed by atoms with E-state index in [1.807, 2.05) is 18.2 Å². The van der Waals surface area contributed by atoms with Gasteiger partial charge in [-0.2, -0.15) is 0 Å². The van der Waals surface area contributed by atoms with Crippen LogP contribution < -0.4 is 9.47 Å². The van der Waals surface area contributed by atoms with Crippen LogP contribution in [-0.4, -0.2) is 42.9 Å². The summed E-state index contributed by atoms with van der Waals surface area (Å²) >= 11 is 0. The zero-order chi connectivity index (χ0) is 13.8. The van der Waals surface area contributed by atoms with Crippen LogP contribution in [-0.2, 0) is 0 Å². The van der Waals surface area contributed by atoms with Crippen LogP contribution in [0.1, 0.15) is 37.4 Å². The maximum absolute atomic E-state index is 10.3. The van der Waals surface area contributed by atoms with E-state index in [-0.39, 0.29) is 0 Å². The van der Waals surface area contributed by atoms with Crippen molar-refractivity contribution in [3.8, 4) is 11.5 Å². The Bertz CT molecular complexity index is 443. The van der Waals surface area contributed by atoms with E-state index in [0.29, 0.717) is 13.2 Å². The molecule has 0 aromatic heterocycles. The number of fused-ring (bicyclic) bond motifs is 1. The Morgan fingerprint density at radius 1 is 1.05 bits per heavy atom. The molecule has 20 heavy (non-hydrogen) atoms. The second-order valence-electron chi connectivity index (χ2n) is 5.61. The van der Waals surface area contributed by atoms with Crippen LogP contribution >= 0.6 is 0 Å². The summed E-state index contributed by atoms with van der Waals surface area (Å²) in [5.41, 5.74) is 0.924. The molecule has 0 radical (unpaired) electrons. The fourth-order valence-corrected chi connectivity index (χ4v) is 2.86. The van der Waals surface area contributed by atoms with E-state index in [9.17, 15) is 5.11 Å². The van der Waals surface area contributed by atoms with Gasteiger partial charge in [0.1, 0.15) is 0 Å². The molecule has 0 aliphatic carbocycles. The van der Waals surface area contributed by atoms with E-state index in [2.05, 4.69) is 4.90 Å². The van der Waals surface area contributed by atoms with Crippen LogP contribution in [0.4, 0.5) is 0 Å². The number of hydrogen-bond donors (Lipinski definition) is 1. The molecule has 1 unspecified atom stereocenters. The van der Waals surface area contributed by atoms with E-state index in [0.717, 1.165) is 36.4 Å². The number of hydrogen-bond acceptors (Lipinski definition) is 4. The van der Waals surface area contributed by atoms with Gasteiger partial charge in [0.15, 0.2) is 11.5 Å². The second-order valence-corrected chi connectivity index (χ2v) is 5.61. The van der Waals surface area contributed by atoms with Crippen LogP contribution in [0.2, 0.25) is 0 Å². The highest BCUT2D eigenvalue weighted by Crippen LogP contribution is 2.33. The molecule has 4 nitrogen and oxygen atoms in total. The standard InChI is InChI=1S/C16H23NO3/c18-14(6-9-17-7-1-2-8-17)13-4-5-15-16(12-13)20-11-3-10-19-15/h4-5,12,14,18H,1-3,6-11H2. The Labute approximate surface area is 120 Å². The first-order chi connectivity index (χ1) is 9.83. The minimum absolute atomic E-state index is 0.423. The van der Waals surface area contributed by atoms with E-state index in [4.69, 9.17) is 9.47 Å². The van der Waals surface area contributed by atoms with E-state index >= 15 is 0 Å². The molecule has 0 amide bonds. The lowest BCUT2D eigenvalue weighted by molar-refractivity contribution is 0.148. The molecule has 1 N–H and O–H groups in total. The smallest absolute Gasteiger partial charge is 0.161 e. The van der Waals surface area contributed by atoms with Gasteiger partial charge in [-0.1, -0.05) is 6.07 Å². The predicted octanol–water partition coefficient (Wildman–Crippen LogP) is 2.37. The SMILES string of the molecule is OC(CCN1CCCC1)c1ccc2c(c1)OCCCO2. The molecule has 0 spiro atoms. The zero-order valence-electron chi connectivity index (χ0n) is 11.9. The van der Waals surface area contributed by atoms with Crippen molar-refractivity contribution in [3.63, 3.8) is 0 Å². The van der Waals surface area contributed by atoms with Gasteiger partial charge in [0.05, 0.1) is 19.3 Å². The summed E-state index contributed by atoms with van der Waals surface area (Å²) in [4.78, 5) is 2.42. The molecule has 110 valence electrons. The van der Waals surface area contributed by atoms with Crippen molar-refractivity contribution in [2.24, 2.45) is 0 Å². The summed E-state index contributed by atoms with van der Waals surface area (Å²) < 4.78 is 11.3. The Balaban J connectivity index is 1.62. The maximum atomic E-state index is 10.3. The van der Waals surface area contributed by atoms with E-state index < -0.39 is 6.10 Å². The van der Waals surface area contributed by atoms with Crippen LogP contribution in [0, 0.1) is 0 Å². The molecule has 4 heteroatoms. The van der Waals surface area contributed by atoms with Crippen molar-refractivity contribution in [1.29, 1.82) is 0 Å². The van der Waals surface area contributed by atoms with E-state index in [1.165, 1.54) is 25.9 Å². The molecule has 0 bridgehead atoms. The number of benzene rings is 1. The highest BCUT2D eigenvalue weighted by molar-refractivity contribution is 5.44. The second kappa shape index (κ2) is 6.46. The third-order valence-electron chi connectivity index (χ3n) is 4.07. The minimum Gasteiger partial charge on any atom is -0.490 e. The molecular formula is C16H23NO3. The third-order valence-corrected chi connectivity index (χ3v) is 4.07. The molecule has 1 aromatic carbocycles. The van der Waals surface area contributed by atoms with Crippen molar-refractivity contribution in [2.75, 3.05) is 32.8 Å². The Hall–Kier alpha value is -1.26. The zero-order valence-corrected chi connectivity index (χ0v) is 11.9. The summed E-state index contributed by atoms with van der Waals surface area (Å²) in [5.74, 6) is 1.55. The van der Waals surface area contributed by atoms with Crippen LogP contribution in [0.5, 0.6) is 11.5 Å². The van der Waals surface area contributed by atoms with Crippen molar-refractivity contribution in [2.45, 2.75) is 31.8 Å². The number of aliphatic hydroxyl groups excluding tert-OH is 1. The number of likely N-dealkylation sites (tertiary alicyclic amines) is 1. The average molecular weight is 277 g/mol. The Kier molecular flexibility index (Phi) is 4.43. The van der Waals surface area contributed by atoms with Gasteiger partial charge in [-0.05, 0) is 50.0 Å². The maximum Gasteiger partial charge on any atom is 0.161 e. The van der Waals surface area contributed by atoms with Gasteiger partial charge in [0.25, 0.3) is 0 Å². The Morgan fingerprint density at radius 2 is 1.80 bits per heavy atom. The number of ether oxygens (including phenoxy) is 2. The summed E-state index contributed by atoms with van der Waals surface area (Å²) in [6, 6.07) is 5.78. The highest BCUT2D eigenvalue weighted by atomic mass is 16.5. The van der Waals surface area contributed by atoms with Gasteiger partial charge in [0.2, 0.25) is 0 Å². The van der Waals surface area contributed by atoms with Gasteiger partial charge >= 0.3 is 0 Å². The summed E-state index contributed by atoms with van der Waals surface area (Å²) in [5, 5.41) is 10.3. The van der Waals surface area contributed by atoms with Crippen LogP contribution in [0.3, 0.4) is 0 Å². The molecule has 1 atom stereocenters. The van der Waals surface area contributed by atoms with Crippen molar-refractivity contribution >= 4 is 0 Å². The summed E-state index contributed by atoms with van der Waals surface area (Å²) in [6.07, 6.45) is 3.84. The summed E-state index contributed by atoms with van der Waals surface area (Å²) in [7, 11) is 0.